The van der Waals surface area contributed by atoms with Crippen molar-refractivity contribution in [2.75, 3.05) is 51.3 Å². The summed E-state index contributed by atoms with van der Waals surface area (Å²) in [4.78, 5) is 49.3. The summed E-state index contributed by atoms with van der Waals surface area (Å²) in [6.45, 7) is 5.20. The van der Waals surface area contributed by atoms with E-state index in [1.165, 1.54) is 0 Å². The molecule has 2 heterocycles. The van der Waals surface area contributed by atoms with E-state index in [1.54, 1.807) is 24.3 Å². The first-order valence-electron chi connectivity index (χ1n) is 18.7. The Hall–Kier alpha value is -6.08. The number of aliphatic carboxylic acids is 1. The molecule has 4 aromatic rings. The minimum absolute atomic E-state index is 0.172. The monoisotopic (exact) mass is 810 g/mol. The van der Waals surface area contributed by atoms with Crippen LogP contribution >= 0.6 is 0 Å². The van der Waals surface area contributed by atoms with Gasteiger partial charge in [0.15, 0.2) is 0 Å². The first-order chi connectivity index (χ1) is 27.8. The third kappa shape index (κ3) is 13.5. The summed E-state index contributed by atoms with van der Waals surface area (Å²) < 4.78 is 43.2. The smallest absolute Gasteiger partial charge is 0.490 e. The Bertz CT molecular complexity index is 1940. The Morgan fingerprint density at radius 2 is 1.59 bits per heavy atom. The molecule has 3 aromatic carbocycles. The second-order valence-corrected chi connectivity index (χ2v) is 13.8. The molecule has 0 unspecified atom stereocenters. The number of H-pyrrole nitrogens is 1. The first kappa shape index (κ1) is 43.1. The number of rotatable bonds is 14. The van der Waals surface area contributed by atoms with E-state index in [4.69, 9.17) is 24.5 Å². The van der Waals surface area contributed by atoms with Gasteiger partial charge in [-0.15, -0.1) is 10.2 Å². The van der Waals surface area contributed by atoms with E-state index in [-0.39, 0.29) is 23.7 Å². The summed E-state index contributed by atoms with van der Waals surface area (Å²) >= 11 is 0. The molecule has 1 saturated heterocycles. The zero-order chi connectivity index (χ0) is 41.5. The lowest BCUT2D eigenvalue weighted by atomic mass is 9.81. The molecule has 1 aliphatic carbocycles. The van der Waals surface area contributed by atoms with Crippen molar-refractivity contribution in [1.29, 1.82) is 0 Å². The third-order valence-corrected chi connectivity index (χ3v) is 9.73. The summed E-state index contributed by atoms with van der Waals surface area (Å²) in [6.07, 6.45) is -3.09. The second-order valence-electron chi connectivity index (χ2n) is 13.8. The number of anilines is 1. The van der Waals surface area contributed by atoms with Crippen molar-refractivity contribution in [3.63, 3.8) is 0 Å². The maximum atomic E-state index is 13.7. The van der Waals surface area contributed by atoms with Crippen molar-refractivity contribution in [1.82, 2.24) is 36.2 Å². The standard InChI is InChI=1S/C37H44N8O6.C2HF3O2/c46-35(29-10-6-26(7-11-29)24-38-37(48)49)40-33(36(47)39-31-14-12-28(13-15-31)34-41-43-44-42-34)22-25-4-8-27(9-5-25)30-2-1-3-32(23-30)51-21-18-45-16-19-50-20-17-45;3-2(4,5)1(6)7/h1-5,8-9,12-15,23,26,29,33,38H,6-7,10-11,16-22,24H2,(H,39,47)(H,40,46)(H,48,49)(H,41,42,43,44);(H,6,7)/t26-,29-,33-;/m0./s1. The van der Waals surface area contributed by atoms with E-state index in [2.05, 4.69) is 41.5 Å². The molecule has 19 heteroatoms. The third-order valence-electron chi connectivity index (χ3n) is 9.73. The summed E-state index contributed by atoms with van der Waals surface area (Å²) in [5.41, 5.74) is 4.24. The topological polar surface area (TPSA) is 221 Å². The molecule has 0 bridgehead atoms. The van der Waals surface area contributed by atoms with Gasteiger partial charge in [0.25, 0.3) is 0 Å². The highest BCUT2D eigenvalue weighted by Gasteiger charge is 2.38. The minimum Gasteiger partial charge on any atom is -0.492 e. The fourth-order valence-corrected chi connectivity index (χ4v) is 6.53. The number of halogens is 3. The van der Waals surface area contributed by atoms with E-state index in [1.807, 2.05) is 48.5 Å². The van der Waals surface area contributed by atoms with Crippen molar-refractivity contribution in [2.24, 2.45) is 11.8 Å². The van der Waals surface area contributed by atoms with Gasteiger partial charge in [0.05, 0.1) is 13.2 Å². The average Bonchev–Trinajstić information content (AvgIpc) is 3.76. The number of carbonyl (C=O) groups is 4. The van der Waals surface area contributed by atoms with E-state index >= 15 is 0 Å². The molecule has 6 N–H and O–H groups in total. The van der Waals surface area contributed by atoms with Crippen LogP contribution < -0.4 is 20.7 Å². The van der Waals surface area contributed by atoms with Gasteiger partial charge in [0.2, 0.25) is 17.6 Å². The number of aromatic amines is 1. The largest absolute Gasteiger partial charge is 0.492 e. The Morgan fingerprint density at radius 1 is 0.914 bits per heavy atom. The van der Waals surface area contributed by atoms with Crippen LogP contribution in [0, 0.1) is 11.8 Å². The number of nitrogens with zero attached hydrogens (tertiary/aromatic N) is 4. The number of carboxylic acids is 1. The first-order valence-corrected chi connectivity index (χ1v) is 18.7. The molecule has 58 heavy (non-hydrogen) atoms. The molecule has 310 valence electrons. The van der Waals surface area contributed by atoms with Gasteiger partial charge >= 0.3 is 18.2 Å². The summed E-state index contributed by atoms with van der Waals surface area (Å²) in [5.74, 6) is -2.07. The predicted molar refractivity (Wildman–Crippen MR) is 204 cm³/mol. The quantitative estimate of drug-likeness (QED) is 0.103. The molecule has 16 nitrogen and oxygen atoms in total. The van der Waals surface area contributed by atoms with Crippen LogP contribution in [0.2, 0.25) is 0 Å². The number of ether oxygens (including phenoxy) is 2. The molecule has 3 amide bonds. The lowest BCUT2D eigenvalue weighted by Crippen LogP contribution is -2.48. The zero-order valence-corrected chi connectivity index (χ0v) is 31.4. The lowest BCUT2D eigenvalue weighted by molar-refractivity contribution is -0.192. The van der Waals surface area contributed by atoms with E-state index in [0.29, 0.717) is 43.9 Å². The van der Waals surface area contributed by atoms with Crippen molar-refractivity contribution in [3.8, 4) is 28.3 Å². The number of carbonyl (C=O) groups excluding carboxylic acids is 2. The fraction of sp³-hybridized carbons (Fsp3) is 0.410. The molecule has 1 aromatic heterocycles. The van der Waals surface area contributed by atoms with Gasteiger partial charge in [0, 0.05) is 49.8 Å². The normalized spacial score (nSPS) is 17.5. The van der Waals surface area contributed by atoms with E-state index in [0.717, 1.165) is 73.7 Å². The molecule has 6 rings (SSSR count). The van der Waals surface area contributed by atoms with Crippen molar-refractivity contribution in [3.05, 3.63) is 78.4 Å². The molecule has 1 aliphatic heterocycles. The van der Waals surface area contributed by atoms with Gasteiger partial charge < -0.3 is 35.6 Å². The number of hydrogen-bond acceptors (Lipinski definition) is 10. The maximum absolute atomic E-state index is 13.7. The molecule has 0 radical (unpaired) electrons. The van der Waals surface area contributed by atoms with Gasteiger partial charge in [-0.2, -0.15) is 18.4 Å². The van der Waals surface area contributed by atoms with Crippen molar-refractivity contribution in [2.45, 2.75) is 44.3 Å². The molecular formula is C39H45F3N8O8. The molecule has 2 aliphatic rings. The summed E-state index contributed by atoms with van der Waals surface area (Å²) in [7, 11) is 0. The average molecular weight is 811 g/mol. The van der Waals surface area contributed by atoms with E-state index < -0.39 is 24.3 Å². The number of benzene rings is 3. The molecule has 1 atom stereocenters. The zero-order valence-electron chi connectivity index (χ0n) is 31.4. The summed E-state index contributed by atoms with van der Waals surface area (Å²) in [6, 6.07) is 22.3. The number of hydrogen-bond donors (Lipinski definition) is 6. The fourth-order valence-electron chi connectivity index (χ4n) is 6.53. The van der Waals surface area contributed by atoms with Gasteiger partial charge in [-0.3, -0.25) is 14.5 Å². The van der Waals surface area contributed by atoms with Gasteiger partial charge in [0.1, 0.15) is 18.4 Å². The van der Waals surface area contributed by atoms with Crippen LogP contribution in [0.5, 0.6) is 5.75 Å². The van der Waals surface area contributed by atoms with Crippen LogP contribution in [-0.4, -0.2) is 118 Å². The molecular weight excluding hydrogens is 765 g/mol. The van der Waals surface area contributed by atoms with E-state index in [9.17, 15) is 27.6 Å². The van der Waals surface area contributed by atoms with Gasteiger partial charge in [-0.05, 0) is 89.9 Å². The highest BCUT2D eigenvalue weighted by Crippen LogP contribution is 2.29. The van der Waals surface area contributed by atoms with Gasteiger partial charge in [-0.1, -0.05) is 36.4 Å². The number of alkyl halides is 3. The van der Waals surface area contributed by atoms with Crippen LogP contribution in [0.1, 0.15) is 31.2 Å². The number of tetrazole rings is 1. The lowest BCUT2D eigenvalue weighted by Gasteiger charge is -2.29. The van der Waals surface area contributed by atoms with Crippen molar-refractivity contribution >= 4 is 29.6 Å². The minimum atomic E-state index is -5.08. The number of morpholine rings is 1. The molecule has 2 fully saturated rings. The van der Waals surface area contributed by atoms with Crippen molar-refractivity contribution < 1.29 is 52.0 Å². The second kappa shape index (κ2) is 20.9. The number of amides is 3. The van der Waals surface area contributed by atoms with Crippen LogP contribution in [0.3, 0.4) is 0 Å². The Morgan fingerprint density at radius 3 is 2.21 bits per heavy atom. The highest BCUT2D eigenvalue weighted by atomic mass is 19.4. The van der Waals surface area contributed by atoms with Crippen LogP contribution in [0.4, 0.5) is 23.7 Å². The van der Waals surface area contributed by atoms with Crippen LogP contribution in [0.25, 0.3) is 22.5 Å². The van der Waals surface area contributed by atoms with Crippen LogP contribution in [0.15, 0.2) is 72.8 Å². The number of aromatic nitrogens is 4. The Labute approximate surface area is 331 Å². The summed E-state index contributed by atoms with van der Waals surface area (Å²) in [5, 5.41) is 38.5. The predicted octanol–water partition coefficient (Wildman–Crippen LogP) is 4.62. The Kier molecular flexibility index (Phi) is 15.5. The Balaban J connectivity index is 0.000000839. The SMILES string of the molecule is O=C(O)C(F)(F)F.O=C(O)NC[C@H]1CC[C@H](C(=O)N[C@@H](Cc2ccc(-c3cccc(OCCN4CCOCC4)c3)cc2)C(=O)Nc2ccc(-c3nn[nH]n3)cc2)CC1. The number of carboxylic acid groups (broad SMARTS) is 2. The maximum Gasteiger partial charge on any atom is 0.490 e. The van der Waals surface area contributed by atoms with Crippen LogP contribution in [-0.2, 0) is 25.5 Å². The number of nitrogens with one attached hydrogen (secondary N) is 4. The highest BCUT2D eigenvalue weighted by molar-refractivity contribution is 5.97. The molecule has 1 saturated carbocycles. The van der Waals surface area contributed by atoms with Gasteiger partial charge in [-0.25, -0.2) is 9.59 Å². The molecule has 0 spiro atoms.